The number of carbonyl (C=O) groups is 1. The summed E-state index contributed by atoms with van der Waals surface area (Å²) in [6.45, 7) is 3.24. The molecule has 9 nitrogen and oxygen atoms in total. The Kier molecular flexibility index (Phi) is 7.74. The SMILES string of the molecule is CCCCCC#CC(O)(CS(=O)(=O)N1CCN(c2ncccn2)CC1)C(N)=O. The van der Waals surface area contributed by atoms with Crippen molar-refractivity contribution >= 4 is 21.9 Å². The number of carbonyl (C=O) groups excluding carboxylic acids is 1. The highest BCUT2D eigenvalue weighted by molar-refractivity contribution is 7.89. The highest BCUT2D eigenvalue weighted by Gasteiger charge is 2.41. The molecule has 1 aromatic heterocycles. The first-order valence-corrected chi connectivity index (χ1v) is 10.9. The summed E-state index contributed by atoms with van der Waals surface area (Å²) in [5.74, 6) is 3.59. The maximum Gasteiger partial charge on any atom is 0.263 e. The second kappa shape index (κ2) is 9.82. The number of unbranched alkanes of at least 4 members (excludes halogenated alkanes) is 3. The molecule has 0 spiro atoms. The molecule has 0 bridgehead atoms. The molecule has 0 saturated carbocycles. The normalized spacial score (nSPS) is 17.4. The highest BCUT2D eigenvalue weighted by Crippen LogP contribution is 2.16. The number of piperazine rings is 1. The van der Waals surface area contributed by atoms with E-state index in [-0.39, 0.29) is 13.1 Å². The lowest BCUT2D eigenvalue weighted by Crippen LogP contribution is -2.55. The van der Waals surface area contributed by atoms with E-state index >= 15 is 0 Å². The number of aromatic nitrogens is 2. The van der Waals surface area contributed by atoms with Crippen LogP contribution in [-0.2, 0) is 14.8 Å². The van der Waals surface area contributed by atoms with Crippen LogP contribution < -0.4 is 10.6 Å². The Hall–Kier alpha value is -2.22. The minimum atomic E-state index is -3.93. The van der Waals surface area contributed by atoms with Gasteiger partial charge >= 0.3 is 0 Å². The Labute approximate surface area is 166 Å². The summed E-state index contributed by atoms with van der Waals surface area (Å²) in [4.78, 5) is 21.9. The lowest BCUT2D eigenvalue weighted by atomic mass is 10.1. The summed E-state index contributed by atoms with van der Waals surface area (Å²) in [5.41, 5.74) is 2.85. The third-order valence-electron chi connectivity index (χ3n) is 4.47. The number of anilines is 1. The number of hydrogen-bond donors (Lipinski definition) is 2. The topological polar surface area (TPSA) is 130 Å². The third kappa shape index (κ3) is 5.89. The Morgan fingerprint density at radius 3 is 2.46 bits per heavy atom. The van der Waals surface area contributed by atoms with Gasteiger partial charge in [-0.1, -0.05) is 31.6 Å². The van der Waals surface area contributed by atoms with Crippen LogP contribution in [0.2, 0.25) is 0 Å². The van der Waals surface area contributed by atoms with Gasteiger partial charge in [0.25, 0.3) is 5.91 Å². The number of aliphatic hydroxyl groups is 1. The molecule has 1 saturated heterocycles. The van der Waals surface area contributed by atoms with E-state index in [2.05, 4.69) is 21.8 Å². The summed E-state index contributed by atoms with van der Waals surface area (Å²) >= 11 is 0. The number of nitrogens with zero attached hydrogens (tertiary/aromatic N) is 4. The Balaban J connectivity index is 2.01. The summed E-state index contributed by atoms with van der Waals surface area (Å²) in [6.07, 6.45) is 6.51. The van der Waals surface area contributed by atoms with Gasteiger partial charge in [-0.2, -0.15) is 4.31 Å². The van der Waals surface area contributed by atoms with Crippen LogP contribution in [0.25, 0.3) is 0 Å². The van der Waals surface area contributed by atoms with Crippen molar-refractivity contribution in [3.8, 4) is 11.8 Å². The van der Waals surface area contributed by atoms with Crippen LogP contribution in [0.5, 0.6) is 0 Å². The van der Waals surface area contributed by atoms with Crippen molar-refractivity contribution in [1.29, 1.82) is 0 Å². The molecule has 0 radical (unpaired) electrons. The number of nitrogens with two attached hydrogens (primary N) is 1. The molecule has 1 atom stereocenters. The summed E-state index contributed by atoms with van der Waals surface area (Å²) < 4.78 is 26.7. The minimum absolute atomic E-state index is 0.194. The summed E-state index contributed by atoms with van der Waals surface area (Å²) in [7, 11) is -3.93. The fraction of sp³-hybridized carbons (Fsp3) is 0.611. The number of hydrogen-bond acceptors (Lipinski definition) is 7. The van der Waals surface area contributed by atoms with E-state index in [1.807, 2.05) is 11.8 Å². The predicted molar refractivity (Wildman–Crippen MR) is 106 cm³/mol. The molecule has 3 N–H and O–H groups in total. The van der Waals surface area contributed by atoms with Crippen molar-refractivity contribution in [2.75, 3.05) is 36.8 Å². The molecule has 28 heavy (non-hydrogen) atoms. The lowest BCUT2D eigenvalue weighted by molar-refractivity contribution is -0.129. The number of sulfonamides is 1. The van der Waals surface area contributed by atoms with Gasteiger partial charge in [-0.25, -0.2) is 18.4 Å². The molecule has 1 aromatic rings. The van der Waals surface area contributed by atoms with Gasteiger partial charge in [-0.15, -0.1) is 0 Å². The zero-order chi connectivity index (χ0) is 20.6. The molecule has 0 aliphatic carbocycles. The van der Waals surface area contributed by atoms with Crippen LogP contribution in [0.4, 0.5) is 5.95 Å². The molecule has 10 heteroatoms. The monoisotopic (exact) mass is 409 g/mol. The molecular weight excluding hydrogens is 382 g/mol. The van der Waals surface area contributed by atoms with Crippen molar-refractivity contribution in [2.24, 2.45) is 5.73 Å². The predicted octanol–water partition coefficient (Wildman–Crippen LogP) is -0.271. The molecule has 1 aliphatic heterocycles. The van der Waals surface area contributed by atoms with Crippen LogP contribution in [0.15, 0.2) is 18.5 Å². The van der Waals surface area contributed by atoms with E-state index < -0.39 is 27.3 Å². The van der Waals surface area contributed by atoms with Gasteiger partial charge in [0.15, 0.2) is 0 Å². The fourth-order valence-corrected chi connectivity index (χ4v) is 4.46. The molecule has 1 fully saturated rings. The third-order valence-corrected chi connectivity index (χ3v) is 6.40. The van der Waals surface area contributed by atoms with Crippen LogP contribution in [-0.4, -0.2) is 71.2 Å². The van der Waals surface area contributed by atoms with E-state index in [1.54, 1.807) is 18.5 Å². The quantitative estimate of drug-likeness (QED) is 0.446. The fourth-order valence-electron chi connectivity index (χ4n) is 2.82. The first-order valence-electron chi connectivity index (χ1n) is 9.30. The zero-order valence-corrected chi connectivity index (χ0v) is 16.9. The van der Waals surface area contributed by atoms with Gasteiger partial charge in [0.05, 0.1) is 0 Å². The molecule has 154 valence electrons. The second-order valence-corrected chi connectivity index (χ2v) is 8.64. The average Bonchev–Trinajstić information content (AvgIpc) is 2.68. The van der Waals surface area contributed by atoms with E-state index in [4.69, 9.17) is 5.73 Å². The maximum atomic E-state index is 12.7. The van der Waals surface area contributed by atoms with Crippen LogP contribution in [0, 0.1) is 11.8 Å². The molecule has 0 aromatic carbocycles. The van der Waals surface area contributed by atoms with Gasteiger partial charge in [0.2, 0.25) is 21.6 Å². The van der Waals surface area contributed by atoms with Gasteiger partial charge in [0.1, 0.15) is 5.75 Å². The van der Waals surface area contributed by atoms with Crippen molar-refractivity contribution < 1.29 is 18.3 Å². The summed E-state index contributed by atoms with van der Waals surface area (Å²) in [6, 6.07) is 1.71. The average molecular weight is 410 g/mol. The second-order valence-electron chi connectivity index (χ2n) is 6.67. The highest BCUT2D eigenvalue weighted by atomic mass is 32.2. The van der Waals surface area contributed by atoms with Gasteiger partial charge < -0.3 is 15.7 Å². The van der Waals surface area contributed by atoms with Crippen LogP contribution in [0.3, 0.4) is 0 Å². The van der Waals surface area contributed by atoms with E-state index in [0.717, 1.165) is 19.3 Å². The smallest absolute Gasteiger partial charge is 0.263 e. The minimum Gasteiger partial charge on any atom is -0.369 e. The van der Waals surface area contributed by atoms with Crippen molar-refractivity contribution in [3.63, 3.8) is 0 Å². The van der Waals surface area contributed by atoms with Crippen molar-refractivity contribution in [2.45, 2.75) is 38.2 Å². The Morgan fingerprint density at radius 1 is 1.25 bits per heavy atom. The Bertz CT molecular complexity index is 813. The number of primary amides is 1. The molecule has 1 amide bonds. The van der Waals surface area contributed by atoms with Gasteiger partial charge in [-0.05, 0) is 12.5 Å². The first-order chi connectivity index (χ1) is 13.3. The molecule has 1 unspecified atom stereocenters. The van der Waals surface area contributed by atoms with Gasteiger partial charge in [-0.3, -0.25) is 4.79 Å². The van der Waals surface area contributed by atoms with Crippen molar-refractivity contribution in [3.05, 3.63) is 18.5 Å². The number of amides is 1. The maximum absolute atomic E-state index is 12.7. The standard InChI is InChI=1S/C18H27N5O4S/c1-2-3-4-5-6-8-18(25,16(19)24)15-28(26,27)23-13-11-22(12-14-23)17-20-9-7-10-21-17/h7,9-10,25H,2-5,11-15H2,1H3,(H2,19,24). The van der Waals surface area contributed by atoms with E-state index in [1.165, 1.54) is 4.31 Å². The van der Waals surface area contributed by atoms with E-state index in [0.29, 0.717) is 25.5 Å². The first kappa shape index (κ1) is 22.1. The largest absolute Gasteiger partial charge is 0.369 e. The Morgan fingerprint density at radius 2 is 1.89 bits per heavy atom. The zero-order valence-electron chi connectivity index (χ0n) is 16.0. The molecule has 2 rings (SSSR count). The van der Waals surface area contributed by atoms with E-state index in [9.17, 15) is 18.3 Å². The molecule has 2 heterocycles. The molecular formula is C18H27N5O4S. The van der Waals surface area contributed by atoms with Crippen molar-refractivity contribution in [1.82, 2.24) is 14.3 Å². The van der Waals surface area contributed by atoms with Gasteiger partial charge in [0, 0.05) is 45.0 Å². The van der Waals surface area contributed by atoms with Crippen LogP contribution in [0.1, 0.15) is 32.6 Å². The van der Waals surface area contributed by atoms with Crippen LogP contribution >= 0.6 is 0 Å². The summed E-state index contributed by atoms with van der Waals surface area (Å²) in [5, 5.41) is 10.5. The lowest BCUT2D eigenvalue weighted by Gasteiger charge is -2.34. The molecule has 1 aliphatic rings. The number of rotatable bonds is 8.